The summed E-state index contributed by atoms with van der Waals surface area (Å²) in [6.45, 7) is 1.07. The Morgan fingerprint density at radius 2 is 2.50 bits per heavy atom. The molecule has 10 heavy (non-hydrogen) atoms. The van der Waals surface area contributed by atoms with Crippen LogP contribution in [0.1, 0.15) is 10.4 Å². The van der Waals surface area contributed by atoms with E-state index < -0.39 is 0 Å². The summed E-state index contributed by atoms with van der Waals surface area (Å²) < 4.78 is 0. The van der Waals surface area contributed by atoms with Crippen LogP contribution in [0.5, 0.6) is 0 Å². The predicted molar refractivity (Wildman–Crippen MR) is 45.1 cm³/mol. The Bertz CT molecular complexity index is 250. The molecule has 0 saturated carbocycles. The second kappa shape index (κ2) is 2.46. The normalized spacial score (nSPS) is 15.6. The zero-order chi connectivity index (χ0) is 6.81. The topological polar surface area (TPSA) is 12.0 Å². The minimum atomic E-state index is 1.07. The first-order chi connectivity index (χ1) is 4.97. The maximum Gasteiger partial charge on any atom is 0.0317 e. The van der Waals surface area contributed by atoms with Gasteiger partial charge in [-0.2, -0.15) is 0 Å². The Kier molecular flexibility index (Phi) is 1.47. The Balaban J connectivity index is 2.42. The van der Waals surface area contributed by atoms with Gasteiger partial charge in [-0.05, 0) is 35.7 Å². The average molecular weight is 151 g/mol. The number of fused-ring (bicyclic) bond motifs is 1. The van der Waals surface area contributed by atoms with Crippen molar-refractivity contribution >= 4 is 17.4 Å². The maximum absolute atomic E-state index is 3.21. The Morgan fingerprint density at radius 3 is 3.50 bits per heavy atom. The molecular formula is C8H9NS. The van der Waals surface area contributed by atoms with Crippen LogP contribution in [0.15, 0.2) is 17.6 Å². The molecule has 0 bridgehead atoms. The molecule has 0 radical (unpaired) electrons. The summed E-state index contributed by atoms with van der Waals surface area (Å²) in [6.07, 6.45) is 5.33. The van der Waals surface area contributed by atoms with Crippen molar-refractivity contribution in [2.45, 2.75) is 6.42 Å². The van der Waals surface area contributed by atoms with Gasteiger partial charge in [0.25, 0.3) is 0 Å². The molecule has 0 amide bonds. The van der Waals surface area contributed by atoms with E-state index in [0.717, 1.165) is 13.0 Å². The van der Waals surface area contributed by atoms with Crippen molar-refractivity contribution in [2.24, 2.45) is 0 Å². The molecule has 0 atom stereocenters. The summed E-state index contributed by atoms with van der Waals surface area (Å²) in [5.41, 5.74) is 1.48. The highest BCUT2D eigenvalue weighted by Crippen LogP contribution is 2.19. The monoisotopic (exact) mass is 151 g/mol. The van der Waals surface area contributed by atoms with E-state index in [1.807, 2.05) is 17.5 Å². The first-order valence-corrected chi connectivity index (χ1v) is 4.31. The molecule has 52 valence electrons. The zero-order valence-electron chi connectivity index (χ0n) is 5.63. The van der Waals surface area contributed by atoms with Crippen LogP contribution in [-0.2, 0) is 6.42 Å². The molecule has 1 N–H and O–H groups in total. The number of thiophene rings is 1. The van der Waals surface area contributed by atoms with E-state index in [9.17, 15) is 0 Å². The van der Waals surface area contributed by atoms with Gasteiger partial charge in [-0.1, -0.05) is 0 Å². The van der Waals surface area contributed by atoms with E-state index in [4.69, 9.17) is 0 Å². The van der Waals surface area contributed by atoms with E-state index in [-0.39, 0.29) is 0 Å². The van der Waals surface area contributed by atoms with Crippen molar-refractivity contribution in [3.8, 4) is 0 Å². The molecule has 1 aliphatic heterocycles. The van der Waals surface area contributed by atoms with Crippen molar-refractivity contribution in [3.05, 3.63) is 28.1 Å². The average Bonchev–Trinajstić information content (AvgIpc) is 2.28. The van der Waals surface area contributed by atoms with Gasteiger partial charge in [0, 0.05) is 11.4 Å². The summed E-state index contributed by atoms with van der Waals surface area (Å²) in [4.78, 5) is 1.41. The van der Waals surface area contributed by atoms with Crippen LogP contribution >= 0.6 is 11.3 Å². The predicted octanol–water partition coefficient (Wildman–Crippen LogP) is 1.86. The smallest absolute Gasteiger partial charge is 0.0317 e. The molecule has 0 spiro atoms. The fourth-order valence-electron chi connectivity index (χ4n) is 1.12. The molecule has 1 aliphatic rings. The van der Waals surface area contributed by atoms with Gasteiger partial charge < -0.3 is 5.32 Å². The number of hydrogen-bond acceptors (Lipinski definition) is 2. The van der Waals surface area contributed by atoms with Crippen molar-refractivity contribution in [1.82, 2.24) is 5.32 Å². The standard InChI is InChI=1S/C8H9NS/c1-4-9-5-2-8-7(1)3-6-10-8/h2-3,5-6,9H,1,4H2. The molecule has 1 aromatic heterocycles. The molecule has 1 nitrogen and oxygen atoms in total. The summed E-state index contributed by atoms with van der Waals surface area (Å²) in [7, 11) is 0. The van der Waals surface area contributed by atoms with Crippen LogP contribution in [0, 0.1) is 0 Å². The zero-order valence-corrected chi connectivity index (χ0v) is 6.45. The highest BCUT2D eigenvalue weighted by atomic mass is 32.1. The molecule has 0 fully saturated rings. The highest BCUT2D eigenvalue weighted by Gasteiger charge is 2.02. The summed E-state index contributed by atoms with van der Waals surface area (Å²) in [5.74, 6) is 0. The molecule has 2 heterocycles. The second-order valence-electron chi connectivity index (χ2n) is 2.35. The molecule has 2 heteroatoms. The molecular weight excluding hydrogens is 142 g/mol. The second-order valence-corrected chi connectivity index (χ2v) is 3.30. The van der Waals surface area contributed by atoms with Gasteiger partial charge in [0.05, 0.1) is 0 Å². The van der Waals surface area contributed by atoms with Crippen LogP contribution in [-0.4, -0.2) is 6.54 Å². The summed E-state index contributed by atoms with van der Waals surface area (Å²) in [5, 5.41) is 5.36. The number of hydrogen-bond donors (Lipinski definition) is 1. The maximum atomic E-state index is 3.21. The molecule has 1 aromatic rings. The minimum Gasteiger partial charge on any atom is -0.391 e. The van der Waals surface area contributed by atoms with Crippen LogP contribution in [0.25, 0.3) is 6.08 Å². The third kappa shape index (κ3) is 0.948. The first-order valence-electron chi connectivity index (χ1n) is 3.43. The summed E-state index contributed by atoms with van der Waals surface area (Å²) in [6, 6.07) is 2.21. The van der Waals surface area contributed by atoms with Crippen LogP contribution in [0.4, 0.5) is 0 Å². The lowest BCUT2D eigenvalue weighted by Crippen LogP contribution is -2.06. The van der Waals surface area contributed by atoms with Crippen LogP contribution in [0.2, 0.25) is 0 Å². The van der Waals surface area contributed by atoms with Crippen molar-refractivity contribution in [1.29, 1.82) is 0 Å². The van der Waals surface area contributed by atoms with Gasteiger partial charge in [0.1, 0.15) is 0 Å². The van der Waals surface area contributed by atoms with Crippen molar-refractivity contribution in [2.75, 3.05) is 6.54 Å². The van der Waals surface area contributed by atoms with E-state index in [1.54, 1.807) is 0 Å². The van der Waals surface area contributed by atoms with Gasteiger partial charge >= 0.3 is 0 Å². The quantitative estimate of drug-likeness (QED) is 0.597. The van der Waals surface area contributed by atoms with Crippen molar-refractivity contribution < 1.29 is 0 Å². The lowest BCUT2D eigenvalue weighted by molar-refractivity contribution is 0.844. The van der Waals surface area contributed by atoms with Gasteiger partial charge in [0.2, 0.25) is 0 Å². The van der Waals surface area contributed by atoms with Gasteiger partial charge in [-0.15, -0.1) is 11.3 Å². The SMILES string of the molecule is C1=Cc2sccc2CCN1. The summed E-state index contributed by atoms with van der Waals surface area (Å²) >= 11 is 1.81. The van der Waals surface area contributed by atoms with Crippen LogP contribution < -0.4 is 5.32 Å². The Morgan fingerprint density at radius 1 is 1.50 bits per heavy atom. The van der Waals surface area contributed by atoms with Gasteiger partial charge in [-0.3, -0.25) is 0 Å². The Hall–Kier alpha value is -0.760. The molecule has 0 aromatic carbocycles. The lowest BCUT2D eigenvalue weighted by Gasteiger charge is -1.93. The number of rotatable bonds is 0. The first kappa shape index (κ1) is 5.98. The van der Waals surface area contributed by atoms with Gasteiger partial charge in [0.15, 0.2) is 0 Å². The fraction of sp³-hybridized carbons (Fsp3) is 0.250. The molecule has 0 saturated heterocycles. The largest absolute Gasteiger partial charge is 0.391 e. The minimum absolute atomic E-state index is 1.07. The van der Waals surface area contributed by atoms with Crippen molar-refractivity contribution in [3.63, 3.8) is 0 Å². The van der Waals surface area contributed by atoms with E-state index >= 15 is 0 Å². The number of nitrogens with one attached hydrogen (secondary N) is 1. The van der Waals surface area contributed by atoms with E-state index in [2.05, 4.69) is 22.8 Å². The third-order valence-corrected chi connectivity index (χ3v) is 2.60. The lowest BCUT2D eigenvalue weighted by atomic mass is 10.2. The highest BCUT2D eigenvalue weighted by molar-refractivity contribution is 7.11. The fourth-order valence-corrected chi connectivity index (χ4v) is 1.97. The van der Waals surface area contributed by atoms with Crippen LogP contribution in [0.3, 0.4) is 0 Å². The van der Waals surface area contributed by atoms with E-state index in [1.165, 1.54) is 10.4 Å². The third-order valence-electron chi connectivity index (χ3n) is 1.67. The van der Waals surface area contributed by atoms with Gasteiger partial charge in [-0.25, -0.2) is 0 Å². The Labute approximate surface area is 64.4 Å². The molecule has 2 rings (SSSR count). The molecule has 0 aliphatic carbocycles. The molecule has 0 unspecified atom stereocenters. The van der Waals surface area contributed by atoms with E-state index in [0.29, 0.717) is 0 Å².